The van der Waals surface area contributed by atoms with Crippen LogP contribution in [0.5, 0.6) is 5.75 Å². The molecule has 0 saturated heterocycles. The summed E-state index contributed by atoms with van der Waals surface area (Å²) in [4.78, 5) is 15.1. The van der Waals surface area contributed by atoms with Crippen molar-refractivity contribution in [3.8, 4) is 5.75 Å². The van der Waals surface area contributed by atoms with Crippen molar-refractivity contribution in [2.75, 3.05) is 25.1 Å². The average Bonchev–Trinajstić information content (AvgIpc) is 2.54. The Bertz CT molecular complexity index is 713. The van der Waals surface area contributed by atoms with Crippen LogP contribution in [0.2, 0.25) is 0 Å². The molecule has 3 rings (SSSR count). The fourth-order valence-electron chi connectivity index (χ4n) is 3.51. The number of ether oxygens (including phenoxy) is 1. The minimum Gasteiger partial charge on any atom is -0.497 e. The quantitative estimate of drug-likeness (QED) is 0.801. The molecule has 0 spiro atoms. The Kier molecular flexibility index (Phi) is 4.37. The second-order valence-electron chi connectivity index (χ2n) is 6.21. The summed E-state index contributed by atoms with van der Waals surface area (Å²) in [7, 11) is 1.65. The van der Waals surface area contributed by atoms with Crippen LogP contribution in [0, 0.1) is 13.8 Å². The molecule has 1 aliphatic rings. The van der Waals surface area contributed by atoms with Crippen LogP contribution in [0.3, 0.4) is 0 Å². The van der Waals surface area contributed by atoms with E-state index < -0.39 is 0 Å². The maximum Gasteiger partial charge on any atom is 0.182 e. The predicted octanol–water partition coefficient (Wildman–Crippen LogP) is 3.95. The second kappa shape index (κ2) is 6.45. The first kappa shape index (κ1) is 15.6. The van der Waals surface area contributed by atoms with E-state index in [0.717, 1.165) is 41.8 Å². The van der Waals surface area contributed by atoms with E-state index in [1.165, 1.54) is 11.3 Å². The molecule has 3 heteroatoms. The fraction of sp³-hybridized carbons (Fsp3) is 0.350. The fourth-order valence-corrected chi connectivity index (χ4v) is 3.51. The van der Waals surface area contributed by atoms with Crippen LogP contribution in [0.4, 0.5) is 5.69 Å². The van der Waals surface area contributed by atoms with Gasteiger partial charge in [0.25, 0.3) is 0 Å². The third-order valence-electron chi connectivity index (χ3n) is 4.56. The number of carbonyl (C=O) groups excluding carboxylic acids is 1. The number of para-hydroxylation sites is 1. The molecule has 0 fully saturated rings. The van der Waals surface area contributed by atoms with E-state index in [-0.39, 0.29) is 5.78 Å². The van der Waals surface area contributed by atoms with Crippen LogP contribution in [-0.2, 0) is 6.42 Å². The standard InChI is InChI=1S/C20H23NO2/c1-14-11-17(23-3)12-15(2)20(14)19(22)13-21-10-6-8-16-7-4-5-9-18(16)21/h4-5,7,9,11-12H,6,8,10,13H2,1-3H3. The highest BCUT2D eigenvalue weighted by Gasteiger charge is 2.21. The van der Waals surface area contributed by atoms with E-state index in [1.807, 2.05) is 32.0 Å². The van der Waals surface area contributed by atoms with Gasteiger partial charge in [-0.3, -0.25) is 4.79 Å². The number of anilines is 1. The molecule has 0 radical (unpaired) electrons. The monoisotopic (exact) mass is 309 g/mol. The van der Waals surface area contributed by atoms with E-state index in [2.05, 4.69) is 23.1 Å². The lowest BCUT2D eigenvalue weighted by molar-refractivity contribution is 0.0997. The Morgan fingerprint density at radius 1 is 1.17 bits per heavy atom. The topological polar surface area (TPSA) is 29.5 Å². The number of Topliss-reactive ketones (excluding diaryl/α,β-unsaturated/α-hetero) is 1. The van der Waals surface area contributed by atoms with Crippen LogP contribution in [-0.4, -0.2) is 26.0 Å². The Hall–Kier alpha value is -2.29. The van der Waals surface area contributed by atoms with E-state index in [1.54, 1.807) is 7.11 Å². The highest BCUT2D eigenvalue weighted by atomic mass is 16.5. The molecule has 0 unspecified atom stereocenters. The number of rotatable bonds is 4. The number of hydrogen-bond donors (Lipinski definition) is 0. The lowest BCUT2D eigenvalue weighted by atomic mass is 9.96. The molecule has 1 heterocycles. The molecule has 0 saturated carbocycles. The SMILES string of the molecule is COc1cc(C)c(C(=O)CN2CCCc3ccccc32)c(C)c1. The third-order valence-corrected chi connectivity index (χ3v) is 4.56. The number of ketones is 1. The van der Waals surface area contributed by atoms with Gasteiger partial charge >= 0.3 is 0 Å². The normalized spacial score (nSPS) is 13.6. The van der Waals surface area contributed by atoms with Crippen LogP contribution in [0.15, 0.2) is 36.4 Å². The molecule has 23 heavy (non-hydrogen) atoms. The number of fused-ring (bicyclic) bond motifs is 1. The lowest BCUT2D eigenvalue weighted by Gasteiger charge is -2.31. The van der Waals surface area contributed by atoms with Crippen LogP contribution >= 0.6 is 0 Å². The van der Waals surface area contributed by atoms with Crippen molar-refractivity contribution in [2.24, 2.45) is 0 Å². The first-order valence-corrected chi connectivity index (χ1v) is 8.11. The second-order valence-corrected chi connectivity index (χ2v) is 6.21. The van der Waals surface area contributed by atoms with Gasteiger partial charge in [-0.15, -0.1) is 0 Å². The molecule has 0 bridgehead atoms. The van der Waals surface area contributed by atoms with Crippen LogP contribution in [0.25, 0.3) is 0 Å². The largest absolute Gasteiger partial charge is 0.497 e. The van der Waals surface area contributed by atoms with Crippen molar-refractivity contribution in [2.45, 2.75) is 26.7 Å². The van der Waals surface area contributed by atoms with Crippen molar-refractivity contribution < 1.29 is 9.53 Å². The Balaban J connectivity index is 1.86. The van der Waals surface area contributed by atoms with E-state index >= 15 is 0 Å². The van der Waals surface area contributed by atoms with Crippen molar-refractivity contribution in [3.63, 3.8) is 0 Å². The van der Waals surface area contributed by atoms with E-state index in [4.69, 9.17) is 4.74 Å². The van der Waals surface area contributed by atoms with Gasteiger partial charge in [0.1, 0.15) is 5.75 Å². The van der Waals surface area contributed by atoms with Gasteiger partial charge in [0.05, 0.1) is 13.7 Å². The molecule has 0 atom stereocenters. The van der Waals surface area contributed by atoms with Gasteiger partial charge < -0.3 is 9.64 Å². The van der Waals surface area contributed by atoms with E-state index in [9.17, 15) is 4.79 Å². The van der Waals surface area contributed by atoms with Crippen LogP contribution < -0.4 is 9.64 Å². The highest BCUT2D eigenvalue weighted by Crippen LogP contribution is 2.28. The van der Waals surface area contributed by atoms with Crippen molar-refractivity contribution in [1.82, 2.24) is 0 Å². The zero-order valence-corrected chi connectivity index (χ0v) is 14.1. The minimum atomic E-state index is 0.180. The summed E-state index contributed by atoms with van der Waals surface area (Å²) in [6.45, 7) is 5.34. The first-order valence-electron chi connectivity index (χ1n) is 8.11. The third kappa shape index (κ3) is 3.09. The summed E-state index contributed by atoms with van der Waals surface area (Å²) in [5, 5.41) is 0. The maximum absolute atomic E-state index is 12.9. The molecule has 0 aliphatic carbocycles. The van der Waals surface area contributed by atoms with Gasteiger partial charge in [-0.25, -0.2) is 0 Å². The van der Waals surface area contributed by atoms with Gasteiger partial charge in [0.2, 0.25) is 0 Å². The molecule has 3 nitrogen and oxygen atoms in total. The summed E-state index contributed by atoms with van der Waals surface area (Å²) in [6, 6.07) is 12.3. The van der Waals surface area contributed by atoms with E-state index in [0.29, 0.717) is 6.54 Å². The van der Waals surface area contributed by atoms with Gasteiger partial charge in [-0.1, -0.05) is 18.2 Å². The predicted molar refractivity (Wildman–Crippen MR) is 93.8 cm³/mol. The molecule has 0 aromatic heterocycles. The number of carbonyl (C=O) groups is 1. The summed E-state index contributed by atoms with van der Waals surface area (Å²) in [5.41, 5.74) is 5.34. The van der Waals surface area contributed by atoms with Gasteiger partial charge in [-0.2, -0.15) is 0 Å². The summed E-state index contributed by atoms with van der Waals surface area (Å²) in [6.07, 6.45) is 2.20. The lowest BCUT2D eigenvalue weighted by Crippen LogP contribution is -2.34. The number of benzene rings is 2. The van der Waals surface area contributed by atoms with Crippen molar-refractivity contribution in [3.05, 3.63) is 58.7 Å². The molecular formula is C20H23NO2. The molecule has 0 N–H and O–H groups in total. The molecule has 0 amide bonds. The van der Waals surface area contributed by atoms with Gasteiger partial charge in [-0.05, 0) is 61.6 Å². The molecule has 120 valence electrons. The summed E-state index contributed by atoms with van der Waals surface area (Å²) < 4.78 is 5.29. The zero-order valence-electron chi connectivity index (χ0n) is 14.1. The molecule has 2 aromatic carbocycles. The first-order chi connectivity index (χ1) is 11.1. The Labute approximate surface area is 137 Å². The van der Waals surface area contributed by atoms with Crippen molar-refractivity contribution >= 4 is 11.5 Å². The molecular weight excluding hydrogens is 286 g/mol. The Morgan fingerprint density at radius 2 is 1.87 bits per heavy atom. The highest BCUT2D eigenvalue weighted by molar-refractivity contribution is 6.02. The molecule has 2 aromatic rings. The zero-order chi connectivity index (χ0) is 16.4. The number of hydrogen-bond acceptors (Lipinski definition) is 3. The number of aryl methyl sites for hydroxylation is 3. The minimum absolute atomic E-state index is 0.180. The Morgan fingerprint density at radius 3 is 2.57 bits per heavy atom. The van der Waals surface area contributed by atoms with Crippen LogP contribution in [0.1, 0.15) is 33.5 Å². The van der Waals surface area contributed by atoms with Gasteiger partial charge in [0, 0.05) is 17.8 Å². The van der Waals surface area contributed by atoms with Gasteiger partial charge in [0.15, 0.2) is 5.78 Å². The average molecular weight is 309 g/mol. The number of methoxy groups -OCH3 is 1. The summed E-state index contributed by atoms with van der Waals surface area (Å²) in [5.74, 6) is 0.985. The maximum atomic E-state index is 12.9. The number of nitrogens with zero attached hydrogens (tertiary/aromatic N) is 1. The van der Waals surface area contributed by atoms with Crippen molar-refractivity contribution in [1.29, 1.82) is 0 Å². The molecule has 1 aliphatic heterocycles. The smallest absolute Gasteiger partial charge is 0.182 e. The summed E-state index contributed by atoms with van der Waals surface area (Å²) >= 11 is 0.